The smallest absolute Gasteiger partial charge is 0.178 e. The Labute approximate surface area is 115 Å². The minimum atomic E-state index is -3.09. The Morgan fingerprint density at radius 1 is 1.32 bits per heavy atom. The molecule has 0 aromatic heterocycles. The summed E-state index contributed by atoms with van der Waals surface area (Å²) in [4.78, 5) is 2.78. The van der Waals surface area contributed by atoms with Crippen molar-refractivity contribution < 1.29 is 8.42 Å². The second-order valence-electron chi connectivity index (χ2n) is 4.94. The molecule has 1 aromatic rings. The molecule has 1 aliphatic heterocycles. The van der Waals surface area contributed by atoms with E-state index in [4.69, 9.17) is 0 Å². The standard InChI is InChI=1S/C14H22N2O2S/c1-3-19(17,18)14-8-6-12(7-9-14)16-10-4-5-13(16)11-15-2/h6-9,13,15H,3-5,10-11H2,1-2H3. The fraction of sp³-hybridized carbons (Fsp3) is 0.571. The van der Waals surface area contributed by atoms with Crippen LogP contribution in [0.2, 0.25) is 0 Å². The molecule has 0 bridgehead atoms. The highest BCUT2D eigenvalue weighted by Gasteiger charge is 2.24. The largest absolute Gasteiger partial charge is 0.367 e. The Hall–Kier alpha value is -1.07. The van der Waals surface area contributed by atoms with Crippen LogP contribution in [0.25, 0.3) is 0 Å². The van der Waals surface area contributed by atoms with Crippen molar-refractivity contribution in [3.63, 3.8) is 0 Å². The van der Waals surface area contributed by atoms with Crippen LogP contribution in [0, 0.1) is 0 Å². The van der Waals surface area contributed by atoms with Gasteiger partial charge >= 0.3 is 0 Å². The first kappa shape index (κ1) is 14.3. The van der Waals surface area contributed by atoms with Gasteiger partial charge in [0.05, 0.1) is 10.6 Å². The maximum absolute atomic E-state index is 11.8. The number of hydrogen-bond donors (Lipinski definition) is 1. The molecule has 2 rings (SSSR count). The third-order valence-corrected chi connectivity index (χ3v) is 5.47. The number of nitrogens with zero attached hydrogens (tertiary/aromatic N) is 1. The molecule has 1 aliphatic rings. The number of nitrogens with one attached hydrogen (secondary N) is 1. The van der Waals surface area contributed by atoms with Gasteiger partial charge in [0.1, 0.15) is 0 Å². The second kappa shape index (κ2) is 5.92. The summed E-state index contributed by atoms with van der Waals surface area (Å²) in [6.07, 6.45) is 2.39. The molecule has 106 valence electrons. The molecular formula is C14H22N2O2S. The molecule has 5 heteroatoms. The number of benzene rings is 1. The van der Waals surface area contributed by atoms with Gasteiger partial charge in [0, 0.05) is 24.8 Å². The van der Waals surface area contributed by atoms with Crippen molar-refractivity contribution in [2.45, 2.75) is 30.7 Å². The Morgan fingerprint density at radius 2 is 2.00 bits per heavy atom. The number of hydrogen-bond acceptors (Lipinski definition) is 4. The molecule has 0 aliphatic carbocycles. The van der Waals surface area contributed by atoms with Gasteiger partial charge in [-0.2, -0.15) is 0 Å². The lowest BCUT2D eigenvalue weighted by Gasteiger charge is -2.26. The van der Waals surface area contributed by atoms with Gasteiger partial charge in [-0.15, -0.1) is 0 Å². The fourth-order valence-corrected chi connectivity index (χ4v) is 3.52. The number of anilines is 1. The summed E-state index contributed by atoms with van der Waals surface area (Å²) in [6, 6.07) is 7.82. The Kier molecular flexibility index (Phi) is 4.47. The molecule has 1 fully saturated rings. The van der Waals surface area contributed by atoms with Crippen LogP contribution >= 0.6 is 0 Å². The van der Waals surface area contributed by atoms with Crippen molar-refractivity contribution >= 4 is 15.5 Å². The molecule has 1 atom stereocenters. The molecule has 1 heterocycles. The van der Waals surface area contributed by atoms with Crippen LogP contribution in [-0.2, 0) is 9.84 Å². The predicted octanol–water partition coefficient (Wildman–Crippen LogP) is 1.67. The van der Waals surface area contributed by atoms with E-state index in [1.807, 2.05) is 19.2 Å². The van der Waals surface area contributed by atoms with Crippen LogP contribution in [0.4, 0.5) is 5.69 Å². The summed E-state index contributed by atoms with van der Waals surface area (Å²) in [7, 11) is -1.13. The van der Waals surface area contributed by atoms with E-state index in [-0.39, 0.29) is 5.75 Å². The highest BCUT2D eigenvalue weighted by atomic mass is 32.2. The molecule has 19 heavy (non-hydrogen) atoms. The Bertz CT molecular complexity index is 511. The van der Waals surface area contributed by atoms with Crippen LogP contribution in [0.3, 0.4) is 0 Å². The van der Waals surface area contributed by atoms with Crippen molar-refractivity contribution in [2.24, 2.45) is 0 Å². The van der Waals surface area contributed by atoms with Crippen LogP contribution in [-0.4, -0.2) is 40.3 Å². The topological polar surface area (TPSA) is 49.4 Å². The summed E-state index contributed by atoms with van der Waals surface area (Å²) in [5.41, 5.74) is 1.12. The van der Waals surface area contributed by atoms with Crippen LogP contribution in [0.1, 0.15) is 19.8 Å². The van der Waals surface area contributed by atoms with Gasteiger partial charge in [-0.05, 0) is 44.2 Å². The third-order valence-electron chi connectivity index (χ3n) is 3.72. The number of likely N-dealkylation sites (N-methyl/N-ethyl adjacent to an activating group) is 1. The van der Waals surface area contributed by atoms with Crippen molar-refractivity contribution in [3.8, 4) is 0 Å². The van der Waals surface area contributed by atoms with Crippen molar-refractivity contribution in [1.82, 2.24) is 5.32 Å². The predicted molar refractivity (Wildman–Crippen MR) is 78.5 cm³/mol. The number of sulfone groups is 1. The van der Waals surface area contributed by atoms with Gasteiger partial charge in [0.2, 0.25) is 0 Å². The first-order valence-electron chi connectivity index (χ1n) is 6.82. The van der Waals surface area contributed by atoms with E-state index >= 15 is 0 Å². The molecule has 1 unspecified atom stereocenters. The highest BCUT2D eigenvalue weighted by molar-refractivity contribution is 7.91. The van der Waals surface area contributed by atoms with Crippen molar-refractivity contribution in [1.29, 1.82) is 0 Å². The van der Waals surface area contributed by atoms with Crippen molar-refractivity contribution in [3.05, 3.63) is 24.3 Å². The summed E-state index contributed by atoms with van der Waals surface area (Å²) < 4.78 is 23.6. The van der Waals surface area contributed by atoms with E-state index in [0.717, 1.165) is 18.8 Å². The van der Waals surface area contributed by atoms with E-state index in [2.05, 4.69) is 10.2 Å². The van der Waals surface area contributed by atoms with Gasteiger partial charge in [-0.25, -0.2) is 8.42 Å². The molecule has 1 saturated heterocycles. The Morgan fingerprint density at radius 3 is 2.58 bits per heavy atom. The maximum atomic E-state index is 11.8. The van der Waals surface area contributed by atoms with E-state index < -0.39 is 9.84 Å². The zero-order valence-corrected chi connectivity index (χ0v) is 12.4. The molecule has 0 amide bonds. The minimum absolute atomic E-state index is 0.151. The van der Waals surface area contributed by atoms with Crippen LogP contribution in [0.5, 0.6) is 0 Å². The fourth-order valence-electron chi connectivity index (χ4n) is 2.64. The van der Waals surface area contributed by atoms with Crippen molar-refractivity contribution in [2.75, 3.05) is 30.8 Å². The first-order chi connectivity index (χ1) is 9.08. The van der Waals surface area contributed by atoms with Crippen LogP contribution in [0.15, 0.2) is 29.2 Å². The maximum Gasteiger partial charge on any atom is 0.178 e. The Balaban J connectivity index is 2.19. The van der Waals surface area contributed by atoms with Gasteiger partial charge in [0.25, 0.3) is 0 Å². The lowest BCUT2D eigenvalue weighted by molar-refractivity contribution is 0.597. The molecular weight excluding hydrogens is 260 g/mol. The third kappa shape index (κ3) is 3.09. The van der Waals surface area contributed by atoms with Crippen LogP contribution < -0.4 is 10.2 Å². The van der Waals surface area contributed by atoms with E-state index in [0.29, 0.717) is 10.9 Å². The van der Waals surface area contributed by atoms with E-state index in [1.165, 1.54) is 12.8 Å². The highest BCUT2D eigenvalue weighted by Crippen LogP contribution is 2.26. The SMILES string of the molecule is CCS(=O)(=O)c1ccc(N2CCCC2CNC)cc1. The molecule has 0 radical (unpaired) electrons. The van der Waals surface area contributed by atoms with E-state index in [9.17, 15) is 8.42 Å². The summed E-state index contributed by atoms with van der Waals surface area (Å²) >= 11 is 0. The van der Waals surface area contributed by atoms with Gasteiger partial charge < -0.3 is 10.2 Å². The molecule has 4 nitrogen and oxygen atoms in total. The quantitative estimate of drug-likeness (QED) is 0.892. The monoisotopic (exact) mass is 282 g/mol. The van der Waals surface area contributed by atoms with Gasteiger partial charge in [0.15, 0.2) is 9.84 Å². The molecule has 0 spiro atoms. The minimum Gasteiger partial charge on any atom is -0.367 e. The molecule has 1 N–H and O–H groups in total. The average molecular weight is 282 g/mol. The summed E-state index contributed by atoms with van der Waals surface area (Å²) in [5, 5.41) is 3.22. The molecule has 1 aromatic carbocycles. The number of rotatable bonds is 5. The second-order valence-corrected chi connectivity index (χ2v) is 7.22. The van der Waals surface area contributed by atoms with E-state index in [1.54, 1.807) is 19.1 Å². The zero-order valence-electron chi connectivity index (χ0n) is 11.6. The average Bonchev–Trinajstić information content (AvgIpc) is 2.88. The lowest BCUT2D eigenvalue weighted by atomic mass is 10.2. The lowest BCUT2D eigenvalue weighted by Crippen LogP contribution is -2.36. The first-order valence-corrected chi connectivity index (χ1v) is 8.47. The van der Waals surface area contributed by atoms with Gasteiger partial charge in [-0.3, -0.25) is 0 Å². The summed E-state index contributed by atoms with van der Waals surface area (Å²) in [6.45, 7) is 3.69. The zero-order chi connectivity index (χ0) is 13.9. The summed E-state index contributed by atoms with van der Waals surface area (Å²) in [5.74, 6) is 0.151. The normalized spacial score (nSPS) is 19.9. The molecule has 0 saturated carbocycles. The van der Waals surface area contributed by atoms with Gasteiger partial charge in [-0.1, -0.05) is 6.92 Å².